The van der Waals surface area contributed by atoms with Crippen LogP contribution < -0.4 is 25.0 Å². The van der Waals surface area contributed by atoms with Crippen molar-refractivity contribution in [3.05, 3.63) is 76.9 Å². The van der Waals surface area contributed by atoms with E-state index < -0.39 is 17.9 Å². The summed E-state index contributed by atoms with van der Waals surface area (Å²) < 4.78 is 11.8. The van der Waals surface area contributed by atoms with Crippen LogP contribution in [0.15, 0.2) is 59.6 Å². The van der Waals surface area contributed by atoms with E-state index in [0.29, 0.717) is 65.2 Å². The number of fused-ring (bicyclic) bond motifs is 4. The number of ether oxygens (including phenoxy) is 2. The van der Waals surface area contributed by atoms with Crippen molar-refractivity contribution in [2.24, 2.45) is 10.9 Å². The minimum absolute atomic E-state index is 0.0473. The second kappa shape index (κ2) is 16.6. The Labute approximate surface area is 297 Å². The number of methoxy groups -OCH3 is 1. The quantitative estimate of drug-likeness (QED) is 0.171. The summed E-state index contributed by atoms with van der Waals surface area (Å²) >= 11 is 0. The van der Waals surface area contributed by atoms with Crippen LogP contribution in [0.25, 0.3) is 0 Å². The van der Waals surface area contributed by atoms with Gasteiger partial charge in [-0.15, -0.1) is 0 Å². The molecule has 12 heteroatoms. The summed E-state index contributed by atoms with van der Waals surface area (Å²) in [5.74, 6) is -1.02. The molecule has 12 nitrogen and oxygen atoms in total. The Hall–Kier alpha value is -5.36. The lowest BCUT2D eigenvalue weighted by Gasteiger charge is -2.22. The van der Waals surface area contributed by atoms with Gasteiger partial charge in [-0.3, -0.25) is 29.1 Å². The predicted octanol–water partition coefficient (Wildman–Crippen LogP) is 5.24. The molecule has 2 aliphatic heterocycles. The van der Waals surface area contributed by atoms with Gasteiger partial charge in [-0.05, 0) is 73.7 Å². The molecule has 2 aliphatic rings. The molecule has 3 aromatic rings. The van der Waals surface area contributed by atoms with Crippen molar-refractivity contribution < 1.29 is 38.6 Å². The standard InChI is InChI=1S/C39H44N4O8/c1-23(13-34(46)25(3)41-37(47)12-8-5-9-24(2)45)38(48)42-29-15-26(21-44)14-27(16-29)22-51-36-19-32-31(18-35(36)50-4)39(49)43-30(20-40-32)17-28-10-6-7-11-33(28)43/h6-7,10-11,14-16,18-20,23,25,30,44H,5,8-9,12-13,17,21-22H2,1-4H3,(H,41,47)(H,42,48)/t23?,25?,30-/m0/s1. The third-order valence-corrected chi connectivity index (χ3v) is 9.02. The van der Waals surface area contributed by atoms with Crippen LogP contribution in [0.2, 0.25) is 0 Å². The number of Topliss-reactive ketones (excluding diaryl/α,β-unsaturated/α-hetero) is 2. The Morgan fingerprint density at radius 2 is 1.75 bits per heavy atom. The number of unbranched alkanes of at least 4 members (excludes halogenated alkanes) is 1. The molecule has 3 atom stereocenters. The van der Waals surface area contributed by atoms with E-state index in [-0.39, 0.29) is 55.5 Å². The fraction of sp³-hybridized carbons (Fsp3) is 0.385. The number of amides is 3. The highest BCUT2D eigenvalue weighted by Gasteiger charge is 2.36. The molecule has 0 saturated carbocycles. The second-order valence-corrected chi connectivity index (χ2v) is 13.1. The van der Waals surface area contributed by atoms with E-state index in [4.69, 9.17) is 9.47 Å². The summed E-state index contributed by atoms with van der Waals surface area (Å²) in [6, 6.07) is 15.3. The Morgan fingerprint density at radius 1 is 1.00 bits per heavy atom. The van der Waals surface area contributed by atoms with E-state index in [2.05, 4.69) is 15.6 Å². The molecule has 0 spiro atoms. The Bertz CT molecular complexity index is 1850. The normalized spacial score (nSPS) is 15.5. The number of benzene rings is 3. The monoisotopic (exact) mass is 696 g/mol. The Morgan fingerprint density at radius 3 is 2.49 bits per heavy atom. The number of rotatable bonds is 16. The van der Waals surface area contributed by atoms with Crippen LogP contribution in [0.3, 0.4) is 0 Å². The van der Waals surface area contributed by atoms with Crippen molar-refractivity contribution >= 4 is 52.6 Å². The zero-order valence-electron chi connectivity index (χ0n) is 29.4. The maximum atomic E-state index is 13.7. The number of aliphatic hydroxyl groups excluding tert-OH is 1. The van der Waals surface area contributed by atoms with Crippen molar-refractivity contribution in [3.8, 4) is 11.5 Å². The highest BCUT2D eigenvalue weighted by Crippen LogP contribution is 2.41. The highest BCUT2D eigenvalue weighted by molar-refractivity contribution is 6.14. The number of nitrogens with zero attached hydrogens (tertiary/aromatic N) is 2. The molecule has 3 aromatic carbocycles. The second-order valence-electron chi connectivity index (χ2n) is 13.1. The molecular formula is C39H44N4O8. The van der Waals surface area contributed by atoms with Gasteiger partial charge in [0.05, 0.1) is 37.1 Å². The smallest absolute Gasteiger partial charge is 0.261 e. The van der Waals surface area contributed by atoms with Crippen LogP contribution in [0.5, 0.6) is 11.5 Å². The third kappa shape index (κ3) is 9.06. The van der Waals surface area contributed by atoms with E-state index in [9.17, 15) is 29.1 Å². The molecule has 2 heterocycles. The zero-order valence-corrected chi connectivity index (χ0v) is 29.4. The molecule has 0 aromatic heterocycles. The first kappa shape index (κ1) is 36.9. The van der Waals surface area contributed by atoms with Gasteiger partial charge >= 0.3 is 0 Å². The van der Waals surface area contributed by atoms with Crippen LogP contribution in [0.4, 0.5) is 17.1 Å². The zero-order chi connectivity index (χ0) is 36.7. The fourth-order valence-corrected chi connectivity index (χ4v) is 6.25. The fourth-order valence-electron chi connectivity index (χ4n) is 6.25. The van der Waals surface area contributed by atoms with Crippen LogP contribution in [-0.4, -0.2) is 59.8 Å². The van der Waals surface area contributed by atoms with Gasteiger partial charge in [-0.2, -0.15) is 0 Å². The molecule has 5 rings (SSSR count). The first-order valence-electron chi connectivity index (χ1n) is 17.1. The molecule has 0 saturated heterocycles. The van der Waals surface area contributed by atoms with Gasteiger partial charge in [0.25, 0.3) is 5.91 Å². The number of hydrogen-bond donors (Lipinski definition) is 3. The van der Waals surface area contributed by atoms with Crippen LogP contribution in [0, 0.1) is 5.92 Å². The average Bonchev–Trinajstić information content (AvgIpc) is 3.43. The number of para-hydroxylation sites is 1. The molecule has 0 aliphatic carbocycles. The maximum Gasteiger partial charge on any atom is 0.261 e. The third-order valence-electron chi connectivity index (χ3n) is 9.02. The summed E-state index contributed by atoms with van der Waals surface area (Å²) in [5.41, 5.74) is 4.42. The summed E-state index contributed by atoms with van der Waals surface area (Å²) in [6.45, 7) is 4.49. The molecule has 2 unspecified atom stereocenters. The number of ketones is 2. The number of hydrogen-bond acceptors (Lipinski definition) is 9. The lowest BCUT2D eigenvalue weighted by atomic mass is 9.99. The summed E-state index contributed by atoms with van der Waals surface area (Å²) in [7, 11) is 1.49. The Kier molecular flexibility index (Phi) is 12.0. The van der Waals surface area contributed by atoms with Gasteiger partial charge in [0.2, 0.25) is 11.8 Å². The lowest BCUT2D eigenvalue weighted by molar-refractivity contribution is -0.129. The van der Waals surface area contributed by atoms with Crippen molar-refractivity contribution in [2.45, 2.75) is 84.6 Å². The molecule has 0 fully saturated rings. The molecule has 268 valence electrons. The van der Waals surface area contributed by atoms with Crippen LogP contribution in [-0.2, 0) is 38.8 Å². The SMILES string of the molecule is COc1cc2c(cc1OCc1cc(CO)cc(NC(=O)C(C)CC(=O)C(C)NC(=O)CCCCC(C)=O)c1)N=C[C@@H]1Cc3ccccc3N1C2=O. The van der Waals surface area contributed by atoms with Crippen molar-refractivity contribution in [2.75, 3.05) is 17.3 Å². The molecule has 3 amide bonds. The van der Waals surface area contributed by atoms with Gasteiger partial charge in [-0.25, -0.2) is 0 Å². The minimum Gasteiger partial charge on any atom is -0.493 e. The van der Waals surface area contributed by atoms with Crippen molar-refractivity contribution in [1.29, 1.82) is 0 Å². The molecule has 51 heavy (non-hydrogen) atoms. The van der Waals surface area contributed by atoms with Crippen molar-refractivity contribution in [3.63, 3.8) is 0 Å². The van der Waals surface area contributed by atoms with Crippen LogP contribution >= 0.6 is 0 Å². The predicted molar refractivity (Wildman–Crippen MR) is 193 cm³/mol. The van der Waals surface area contributed by atoms with Crippen molar-refractivity contribution in [1.82, 2.24) is 5.32 Å². The number of carbonyl (C=O) groups excluding carboxylic acids is 5. The van der Waals surface area contributed by atoms with Crippen LogP contribution in [0.1, 0.15) is 79.9 Å². The molecule has 3 N–H and O–H groups in total. The number of aliphatic hydroxyl groups is 1. The summed E-state index contributed by atoms with van der Waals surface area (Å²) in [4.78, 5) is 69.3. The number of anilines is 2. The van der Waals surface area contributed by atoms with E-state index in [1.165, 1.54) is 14.0 Å². The lowest BCUT2D eigenvalue weighted by Crippen LogP contribution is -2.39. The van der Waals surface area contributed by atoms with E-state index in [0.717, 1.165) is 11.3 Å². The number of nitrogens with one attached hydrogen (secondary N) is 2. The highest BCUT2D eigenvalue weighted by atomic mass is 16.5. The molecule has 0 radical (unpaired) electrons. The first-order valence-corrected chi connectivity index (χ1v) is 17.1. The average molecular weight is 697 g/mol. The van der Waals surface area contributed by atoms with Gasteiger partial charge in [0.15, 0.2) is 17.3 Å². The van der Waals surface area contributed by atoms with Gasteiger partial charge in [0, 0.05) is 55.3 Å². The number of carbonyl (C=O) groups is 5. The molecular weight excluding hydrogens is 652 g/mol. The van der Waals surface area contributed by atoms with E-state index in [1.54, 1.807) is 55.3 Å². The van der Waals surface area contributed by atoms with Gasteiger partial charge < -0.3 is 30.0 Å². The largest absolute Gasteiger partial charge is 0.493 e. The maximum absolute atomic E-state index is 13.7. The van der Waals surface area contributed by atoms with E-state index >= 15 is 0 Å². The Balaban J connectivity index is 1.21. The summed E-state index contributed by atoms with van der Waals surface area (Å²) in [6.07, 6.45) is 4.18. The topological polar surface area (TPSA) is 164 Å². The first-order chi connectivity index (χ1) is 24.5. The van der Waals surface area contributed by atoms with Gasteiger partial charge in [-0.1, -0.05) is 25.1 Å². The van der Waals surface area contributed by atoms with Gasteiger partial charge in [0.1, 0.15) is 12.4 Å². The summed E-state index contributed by atoms with van der Waals surface area (Å²) in [5, 5.41) is 15.4. The van der Waals surface area contributed by atoms with E-state index in [1.807, 2.05) is 24.3 Å². The number of aliphatic imine (C=N–C) groups is 1. The minimum atomic E-state index is -0.760. The molecule has 0 bridgehead atoms.